The number of aromatic amines is 1. The third-order valence-corrected chi connectivity index (χ3v) is 3.76. The van der Waals surface area contributed by atoms with Crippen LogP contribution in [0.5, 0.6) is 5.75 Å². The fourth-order valence-electron chi connectivity index (χ4n) is 1.89. The van der Waals surface area contributed by atoms with Crippen molar-refractivity contribution in [3.8, 4) is 16.3 Å². The number of H-pyrrole nitrogens is 1. The zero-order valence-electron chi connectivity index (χ0n) is 10.8. The molecule has 7 nitrogen and oxygen atoms in total. The van der Waals surface area contributed by atoms with Gasteiger partial charge in [0.2, 0.25) is 0 Å². The molecule has 0 amide bonds. The number of ether oxygens (including phenoxy) is 1. The van der Waals surface area contributed by atoms with E-state index in [0.29, 0.717) is 10.6 Å². The van der Waals surface area contributed by atoms with Gasteiger partial charge in [-0.2, -0.15) is 0 Å². The Bertz CT molecular complexity index is 900. The molecule has 1 aromatic carbocycles. The van der Waals surface area contributed by atoms with Crippen molar-refractivity contribution in [2.24, 2.45) is 0 Å². The number of thiazole rings is 1. The second kappa shape index (κ2) is 4.98. The van der Waals surface area contributed by atoms with E-state index in [4.69, 9.17) is 0 Å². The number of carbonyl (C=O) groups is 1. The zero-order chi connectivity index (χ0) is 15.0. The summed E-state index contributed by atoms with van der Waals surface area (Å²) in [5.41, 5.74) is 0.560. The quantitative estimate of drug-likeness (QED) is 0.696. The number of phenolic OH excluding ortho intramolecular Hbond substituents is 1. The lowest BCUT2D eigenvalue weighted by molar-refractivity contribution is 0.0595. The van der Waals surface area contributed by atoms with Crippen LogP contribution in [0.4, 0.5) is 0 Å². The molecule has 21 heavy (non-hydrogen) atoms. The van der Waals surface area contributed by atoms with Gasteiger partial charge in [0.15, 0.2) is 5.69 Å². The van der Waals surface area contributed by atoms with Crippen LogP contribution in [0.15, 0.2) is 28.6 Å². The molecular formula is C13H9N3O4S. The van der Waals surface area contributed by atoms with E-state index in [-0.39, 0.29) is 27.9 Å². The lowest BCUT2D eigenvalue weighted by Gasteiger charge is -2.02. The summed E-state index contributed by atoms with van der Waals surface area (Å²) < 4.78 is 4.59. The van der Waals surface area contributed by atoms with E-state index in [2.05, 4.69) is 19.7 Å². The van der Waals surface area contributed by atoms with Crippen LogP contribution >= 0.6 is 11.3 Å². The summed E-state index contributed by atoms with van der Waals surface area (Å²) in [4.78, 5) is 33.7. The fraction of sp³-hybridized carbons (Fsp3) is 0.0769. The Kier molecular flexibility index (Phi) is 3.15. The molecule has 3 aromatic rings. The highest BCUT2D eigenvalue weighted by Crippen LogP contribution is 2.30. The summed E-state index contributed by atoms with van der Waals surface area (Å²) in [7, 11) is 1.27. The summed E-state index contributed by atoms with van der Waals surface area (Å²) in [6.45, 7) is 0. The van der Waals surface area contributed by atoms with Crippen LogP contribution < -0.4 is 5.56 Å². The molecule has 0 aliphatic heterocycles. The molecular weight excluding hydrogens is 294 g/mol. The minimum absolute atomic E-state index is 0.122. The van der Waals surface area contributed by atoms with Crippen molar-refractivity contribution in [2.45, 2.75) is 0 Å². The van der Waals surface area contributed by atoms with Crippen molar-refractivity contribution in [1.29, 1.82) is 0 Å². The van der Waals surface area contributed by atoms with Gasteiger partial charge in [-0.15, -0.1) is 11.3 Å². The van der Waals surface area contributed by atoms with Crippen molar-refractivity contribution in [3.63, 3.8) is 0 Å². The second-order valence-corrected chi connectivity index (χ2v) is 5.01. The van der Waals surface area contributed by atoms with E-state index < -0.39 is 5.97 Å². The highest BCUT2D eigenvalue weighted by atomic mass is 32.1. The molecule has 3 rings (SSSR count). The number of carbonyl (C=O) groups excluding carboxylic acids is 1. The minimum Gasteiger partial charge on any atom is -0.506 e. The van der Waals surface area contributed by atoms with E-state index in [9.17, 15) is 14.7 Å². The normalized spacial score (nSPS) is 10.7. The number of nitrogens with zero attached hydrogens (tertiary/aromatic N) is 2. The Morgan fingerprint density at radius 2 is 2.24 bits per heavy atom. The maximum Gasteiger partial charge on any atom is 0.357 e. The molecule has 0 spiro atoms. The first kappa shape index (κ1) is 13.3. The summed E-state index contributed by atoms with van der Waals surface area (Å²) in [6, 6.07) is 3.02. The Hall–Kier alpha value is -2.74. The van der Waals surface area contributed by atoms with E-state index in [1.165, 1.54) is 30.8 Å². The van der Waals surface area contributed by atoms with Crippen LogP contribution in [-0.2, 0) is 4.74 Å². The molecule has 2 aromatic heterocycles. The average molecular weight is 303 g/mol. The number of rotatable bonds is 2. The van der Waals surface area contributed by atoms with Gasteiger partial charge in [-0.1, -0.05) is 0 Å². The van der Waals surface area contributed by atoms with E-state index >= 15 is 0 Å². The molecule has 0 unspecified atom stereocenters. The third kappa shape index (κ3) is 2.25. The van der Waals surface area contributed by atoms with Crippen LogP contribution in [0.2, 0.25) is 0 Å². The molecule has 106 valence electrons. The van der Waals surface area contributed by atoms with Gasteiger partial charge >= 0.3 is 5.97 Å². The van der Waals surface area contributed by atoms with Gasteiger partial charge in [0.05, 0.1) is 18.8 Å². The van der Waals surface area contributed by atoms with E-state index in [0.717, 1.165) is 0 Å². The van der Waals surface area contributed by atoms with Gasteiger partial charge in [0.1, 0.15) is 16.3 Å². The summed E-state index contributed by atoms with van der Waals surface area (Å²) in [5.74, 6) is -0.662. The summed E-state index contributed by atoms with van der Waals surface area (Å²) in [5, 5.41) is 12.3. The van der Waals surface area contributed by atoms with Gasteiger partial charge in [0.25, 0.3) is 5.56 Å². The molecule has 0 saturated carbocycles. The number of hydrogen-bond donors (Lipinski definition) is 2. The predicted octanol–water partition coefficient (Wildman–Crippen LogP) is 1.54. The Labute approximate surface area is 121 Å². The predicted molar refractivity (Wildman–Crippen MR) is 76.5 cm³/mol. The van der Waals surface area contributed by atoms with Crippen molar-refractivity contribution >= 4 is 28.2 Å². The first-order valence-electron chi connectivity index (χ1n) is 5.85. The number of aromatic hydroxyl groups is 1. The highest BCUT2D eigenvalue weighted by molar-refractivity contribution is 7.13. The van der Waals surface area contributed by atoms with Crippen LogP contribution in [0, 0.1) is 0 Å². The first-order chi connectivity index (χ1) is 10.1. The SMILES string of the molecule is COC(=O)c1csc(-c2cc(O)c3nc[nH]c(=O)c3c2)n1. The summed E-state index contributed by atoms with van der Waals surface area (Å²) >= 11 is 1.21. The molecule has 0 aliphatic rings. The minimum atomic E-state index is -0.540. The van der Waals surface area contributed by atoms with Gasteiger partial charge in [-0.3, -0.25) is 4.79 Å². The van der Waals surface area contributed by atoms with Crippen molar-refractivity contribution in [1.82, 2.24) is 15.0 Å². The third-order valence-electron chi connectivity index (χ3n) is 2.87. The standard InChI is InChI=1S/C13H9N3O4S/c1-20-13(19)8-4-21-12(16-8)6-2-7-10(9(17)3-6)14-5-15-11(7)18/h2-5,17H,1H3,(H,14,15,18). The largest absolute Gasteiger partial charge is 0.506 e. The smallest absolute Gasteiger partial charge is 0.357 e. The first-order valence-corrected chi connectivity index (χ1v) is 6.72. The number of aromatic nitrogens is 3. The average Bonchev–Trinajstić information content (AvgIpc) is 2.97. The maximum absolute atomic E-state index is 11.8. The molecule has 0 atom stereocenters. The van der Waals surface area contributed by atoms with Crippen LogP contribution in [-0.4, -0.2) is 33.1 Å². The molecule has 8 heteroatoms. The van der Waals surface area contributed by atoms with Crippen LogP contribution in [0.1, 0.15) is 10.5 Å². The molecule has 0 bridgehead atoms. The Morgan fingerprint density at radius 1 is 1.43 bits per heavy atom. The number of benzene rings is 1. The van der Waals surface area contributed by atoms with Gasteiger partial charge in [-0.05, 0) is 12.1 Å². The monoisotopic (exact) mass is 303 g/mol. The molecule has 0 radical (unpaired) electrons. The number of fused-ring (bicyclic) bond motifs is 1. The lowest BCUT2D eigenvalue weighted by Crippen LogP contribution is -2.06. The van der Waals surface area contributed by atoms with Crippen molar-refractivity contribution in [2.75, 3.05) is 7.11 Å². The number of methoxy groups -OCH3 is 1. The topological polar surface area (TPSA) is 105 Å². The second-order valence-electron chi connectivity index (χ2n) is 4.15. The van der Waals surface area contributed by atoms with Crippen LogP contribution in [0.3, 0.4) is 0 Å². The van der Waals surface area contributed by atoms with Gasteiger partial charge in [-0.25, -0.2) is 14.8 Å². The molecule has 2 heterocycles. The molecule has 2 N–H and O–H groups in total. The van der Waals surface area contributed by atoms with E-state index in [1.807, 2.05) is 0 Å². The maximum atomic E-state index is 11.8. The van der Waals surface area contributed by atoms with Crippen LogP contribution in [0.25, 0.3) is 21.5 Å². The number of nitrogens with one attached hydrogen (secondary N) is 1. The highest BCUT2D eigenvalue weighted by Gasteiger charge is 2.14. The number of esters is 1. The molecule has 0 aliphatic carbocycles. The Morgan fingerprint density at radius 3 is 3.00 bits per heavy atom. The zero-order valence-corrected chi connectivity index (χ0v) is 11.6. The van der Waals surface area contributed by atoms with E-state index in [1.54, 1.807) is 11.4 Å². The molecule has 0 fully saturated rings. The van der Waals surface area contributed by atoms with Gasteiger partial charge in [0, 0.05) is 10.9 Å². The fourth-order valence-corrected chi connectivity index (χ4v) is 2.67. The molecule has 0 saturated heterocycles. The van der Waals surface area contributed by atoms with Gasteiger partial charge < -0.3 is 14.8 Å². The Balaban J connectivity index is 2.17. The van der Waals surface area contributed by atoms with Crippen molar-refractivity contribution in [3.05, 3.63) is 39.9 Å². The number of phenols is 1. The lowest BCUT2D eigenvalue weighted by atomic mass is 10.1. The summed E-state index contributed by atoms with van der Waals surface area (Å²) in [6.07, 6.45) is 1.23. The number of hydrogen-bond acceptors (Lipinski definition) is 7. The van der Waals surface area contributed by atoms with Crippen molar-refractivity contribution < 1.29 is 14.6 Å².